The first-order valence-electron chi connectivity index (χ1n) is 10.8. The van der Waals surface area contributed by atoms with Gasteiger partial charge in [-0.2, -0.15) is 0 Å². The van der Waals surface area contributed by atoms with Crippen molar-refractivity contribution in [2.45, 2.75) is 19.0 Å². The standard InChI is InChI=1S/C24H25FN4O3/c1-14-19(15-6-4-3-5-7-15)26-20-21-16(23(30)17(24(31)32)13-29(14)21)12-18(25)22(20)28-10-8-27(2)9-11-28/h3-7,12-14,19,26H,8-11H2,1-2H3,(H,31,32)/t14?,19-/m0/s1. The summed E-state index contributed by atoms with van der Waals surface area (Å²) in [6, 6.07) is 10.6. The number of carboxylic acid groups (broad SMARTS) is 1. The number of benzene rings is 2. The van der Waals surface area contributed by atoms with Crippen LogP contribution in [-0.4, -0.2) is 53.8 Å². The van der Waals surface area contributed by atoms with E-state index in [0.717, 1.165) is 18.7 Å². The number of likely N-dealkylation sites (N-methyl/N-ethyl adjacent to an activating group) is 1. The second-order valence-corrected chi connectivity index (χ2v) is 8.63. The number of piperazine rings is 1. The quantitative estimate of drug-likeness (QED) is 0.656. The number of carboxylic acids is 1. The summed E-state index contributed by atoms with van der Waals surface area (Å²) in [5.74, 6) is -1.83. The summed E-state index contributed by atoms with van der Waals surface area (Å²) in [5, 5.41) is 13.2. The van der Waals surface area contributed by atoms with Gasteiger partial charge in [0, 0.05) is 32.4 Å². The Morgan fingerprint density at radius 2 is 1.84 bits per heavy atom. The lowest BCUT2D eigenvalue weighted by molar-refractivity contribution is 0.0694. The Morgan fingerprint density at radius 1 is 1.16 bits per heavy atom. The summed E-state index contributed by atoms with van der Waals surface area (Å²) in [4.78, 5) is 28.9. The van der Waals surface area contributed by atoms with E-state index in [1.165, 1.54) is 12.3 Å². The van der Waals surface area contributed by atoms with Crippen LogP contribution in [0.4, 0.5) is 15.8 Å². The van der Waals surface area contributed by atoms with Gasteiger partial charge in [-0.05, 0) is 25.6 Å². The maximum Gasteiger partial charge on any atom is 0.341 e. The number of anilines is 2. The minimum absolute atomic E-state index is 0.0844. The van der Waals surface area contributed by atoms with Crippen molar-refractivity contribution < 1.29 is 14.3 Å². The molecule has 32 heavy (non-hydrogen) atoms. The third-order valence-electron chi connectivity index (χ3n) is 6.67. The average Bonchev–Trinajstić information content (AvgIpc) is 2.78. The van der Waals surface area contributed by atoms with Gasteiger partial charge in [0.1, 0.15) is 11.4 Å². The van der Waals surface area contributed by atoms with Crippen molar-refractivity contribution in [2.75, 3.05) is 43.4 Å². The van der Waals surface area contributed by atoms with Crippen molar-refractivity contribution in [3.8, 4) is 0 Å². The van der Waals surface area contributed by atoms with E-state index in [2.05, 4.69) is 10.2 Å². The normalized spacial score (nSPS) is 20.9. The molecule has 7 nitrogen and oxygen atoms in total. The van der Waals surface area contributed by atoms with Crippen molar-refractivity contribution in [3.63, 3.8) is 0 Å². The number of nitrogens with one attached hydrogen (secondary N) is 1. The largest absolute Gasteiger partial charge is 0.477 e. The molecule has 0 spiro atoms. The molecule has 1 unspecified atom stereocenters. The van der Waals surface area contributed by atoms with Gasteiger partial charge in [-0.15, -0.1) is 0 Å². The van der Waals surface area contributed by atoms with Gasteiger partial charge >= 0.3 is 5.97 Å². The Kier molecular flexibility index (Phi) is 4.89. The SMILES string of the molecule is CC1[C@@H](c2ccccc2)Nc2c(N3CCN(C)CC3)c(F)cc3c(=O)c(C(=O)O)cn1c23. The number of aromatic carboxylic acids is 1. The van der Waals surface area contributed by atoms with Gasteiger partial charge < -0.3 is 24.8 Å². The minimum Gasteiger partial charge on any atom is -0.477 e. The molecular weight excluding hydrogens is 411 g/mol. The Balaban J connectivity index is 1.79. The van der Waals surface area contributed by atoms with Gasteiger partial charge in [0.25, 0.3) is 0 Å². The topological polar surface area (TPSA) is 77.8 Å². The van der Waals surface area contributed by atoms with E-state index in [4.69, 9.17) is 0 Å². The smallest absolute Gasteiger partial charge is 0.341 e. The molecule has 2 atom stereocenters. The highest BCUT2D eigenvalue weighted by molar-refractivity contribution is 6.02. The highest BCUT2D eigenvalue weighted by Gasteiger charge is 2.34. The molecule has 1 fully saturated rings. The Bertz CT molecular complexity index is 1270. The van der Waals surface area contributed by atoms with Gasteiger partial charge in [0.2, 0.25) is 5.43 Å². The highest BCUT2D eigenvalue weighted by Crippen LogP contribution is 2.45. The number of aromatic nitrogens is 1. The molecule has 2 aliphatic heterocycles. The lowest BCUT2D eigenvalue weighted by atomic mass is 9.94. The molecule has 2 aromatic carbocycles. The van der Waals surface area contributed by atoms with Crippen molar-refractivity contribution in [1.82, 2.24) is 9.47 Å². The second-order valence-electron chi connectivity index (χ2n) is 8.63. The zero-order valence-electron chi connectivity index (χ0n) is 18.0. The maximum atomic E-state index is 15.6. The van der Waals surface area contributed by atoms with E-state index in [0.29, 0.717) is 30.0 Å². The Morgan fingerprint density at radius 3 is 2.50 bits per heavy atom. The first kappa shape index (κ1) is 20.5. The van der Waals surface area contributed by atoms with Crippen LogP contribution in [0.15, 0.2) is 47.4 Å². The van der Waals surface area contributed by atoms with Crippen LogP contribution in [0.2, 0.25) is 0 Å². The predicted octanol–water partition coefficient (Wildman–Crippen LogP) is 3.32. The van der Waals surface area contributed by atoms with Crippen molar-refractivity contribution in [1.29, 1.82) is 0 Å². The van der Waals surface area contributed by atoms with Crippen LogP contribution < -0.4 is 15.6 Å². The van der Waals surface area contributed by atoms with Gasteiger partial charge in [-0.1, -0.05) is 30.3 Å². The zero-order valence-corrected chi connectivity index (χ0v) is 18.0. The summed E-state index contributed by atoms with van der Waals surface area (Å²) in [6.45, 7) is 4.91. The molecule has 0 bridgehead atoms. The fraction of sp³-hybridized carbons (Fsp3) is 0.333. The molecule has 166 valence electrons. The zero-order chi connectivity index (χ0) is 22.6. The maximum absolute atomic E-state index is 15.6. The molecule has 2 N–H and O–H groups in total. The molecule has 3 heterocycles. The van der Waals surface area contributed by atoms with Crippen molar-refractivity contribution >= 4 is 28.2 Å². The van der Waals surface area contributed by atoms with Crippen LogP contribution in [0.5, 0.6) is 0 Å². The molecule has 2 aliphatic rings. The summed E-state index contributed by atoms with van der Waals surface area (Å²) >= 11 is 0. The van der Waals surface area contributed by atoms with Gasteiger partial charge in [0.15, 0.2) is 0 Å². The molecule has 0 aliphatic carbocycles. The van der Waals surface area contributed by atoms with E-state index in [1.54, 1.807) is 0 Å². The summed E-state index contributed by atoms with van der Waals surface area (Å²) in [6.07, 6.45) is 1.41. The highest BCUT2D eigenvalue weighted by atomic mass is 19.1. The Hall–Kier alpha value is -3.39. The number of rotatable bonds is 3. The number of hydrogen-bond acceptors (Lipinski definition) is 5. The number of carbonyl (C=O) groups is 1. The third-order valence-corrected chi connectivity index (χ3v) is 6.67. The lowest BCUT2D eigenvalue weighted by Gasteiger charge is -2.40. The minimum atomic E-state index is -1.31. The van der Waals surface area contributed by atoms with Crippen LogP contribution in [0.3, 0.4) is 0 Å². The number of hydrogen-bond donors (Lipinski definition) is 2. The van der Waals surface area contributed by atoms with Crippen LogP contribution in [0.25, 0.3) is 10.9 Å². The number of halogens is 1. The van der Waals surface area contributed by atoms with Gasteiger partial charge in [-0.3, -0.25) is 4.79 Å². The molecule has 3 aromatic rings. The van der Waals surface area contributed by atoms with Gasteiger partial charge in [-0.25, -0.2) is 9.18 Å². The molecule has 1 aromatic heterocycles. The molecule has 0 radical (unpaired) electrons. The molecule has 8 heteroatoms. The fourth-order valence-electron chi connectivity index (χ4n) is 4.89. The van der Waals surface area contributed by atoms with Crippen LogP contribution >= 0.6 is 0 Å². The van der Waals surface area contributed by atoms with Crippen LogP contribution in [0, 0.1) is 5.82 Å². The number of nitrogens with zero attached hydrogens (tertiary/aromatic N) is 3. The fourth-order valence-corrected chi connectivity index (χ4v) is 4.89. The lowest BCUT2D eigenvalue weighted by Crippen LogP contribution is -2.45. The van der Waals surface area contributed by atoms with E-state index in [-0.39, 0.29) is 23.0 Å². The summed E-state index contributed by atoms with van der Waals surface area (Å²) < 4.78 is 17.4. The number of pyridine rings is 1. The van der Waals surface area contributed by atoms with E-state index < -0.39 is 17.2 Å². The summed E-state index contributed by atoms with van der Waals surface area (Å²) in [7, 11) is 2.04. The van der Waals surface area contributed by atoms with E-state index >= 15 is 4.39 Å². The van der Waals surface area contributed by atoms with Crippen molar-refractivity contribution in [2.24, 2.45) is 0 Å². The molecule has 0 saturated carbocycles. The second kappa shape index (κ2) is 7.63. The molecule has 0 amide bonds. The molecule has 5 rings (SSSR count). The Labute approximate surface area is 184 Å². The predicted molar refractivity (Wildman–Crippen MR) is 122 cm³/mol. The van der Waals surface area contributed by atoms with Gasteiger partial charge in [0.05, 0.1) is 34.4 Å². The van der Waals surface area contributed by atoms with Crippen molar-refractivity contribution in [3.05, 3.63) is 69.8 Å². The van der Waals surface area contributed by atoms with Crippen LogP contribution in [0.1, 0.15) is 34.9 Å². The third kappa shape index (κ3) is 3.14. The van der Waals surface area contributed by atoms with E-state index in [1.807, 2.05) is 53.8 Å². The molecular formula is C24H25FN4O3. The summed E-state index contributed by atoms with van der Waals surface area (Å²) in [5.41, 5.74) is 1.52. The molecule has 1 saturated heterocycles. The average molecular weight is 436 g/mol. The van der Waals surface area contributed by atoms with Crippen LogP contribution in [-0.2, 0) is 0 Å². The van der Waals surface area contributed by atoms with E-state index in [9.17, 15) is 14.7 Å². The first-order chi connectivity index (χ1) is 15.4. The first-order valence-corrected chi connectivity index (χ1v) is 10.8. The monoisotopic (exact) mass is 436 g/mol.